The average Bonchev–Trinajstić information content (AvgIpc) is 2.98. The molecular weight excluding hydrogens is 234 g/mol. The summed E-state index contributed by atoms with van der Waals surface area (Å²) in [5.74, 6) is 4.13. The van der Waals surface area contributed by atoms with E-state index in [-0.39, 0.29) is 0 Å². The minimum absolute atomic E-state index is 0.939. The molecule has 2 atom stereocenters. The number of aryl methyl sites for hydroxylation is 2. The fourth-order valence-electron chi connectivity index (χ4n) is 4.36. The van der Waals surface area contributed by atoms with Gasteiger partial charge < -0.3 is 4.90 Å². The van der Waals surface area contributed by atoms with Gasteiger partial charge in [0.2, 0.25) is 0 Å². The molecule has 4 rings (SSSR count). The molecule has 2 aliphatic carbocycles. The van der Waals surface area contributed by atoms with E-state index in [4.69, 9.17) is 4.98 Å². The van der Waals surface area contributed by atoms with Gasteiger partial charge in [-0.05, 0) is 57.3 Å². The van der Waals surface area contributed by atoms with Crippen molar-refractivity contribution in [3.8, 4) is 0 Å². The number of nitrogens with zero attached hydrogens (tertiary/aromatic N) is 3. The second-order valence-corrected chi connectivity index (χ2v) is 6.58. The van der Waals surface area contributed by atoms with E-state index >= 15 is 0 Å². The number of anilines is 1. The van der Waals surface area contributed by atoms with Gasteiger partial charge in [0.1, 0.15) is 11.6 Å². The molecule has 0 amide bonds. The molecule has 0 radical (unpaired) electrons. The Bertz CT molecular complexity index is 485. The van der Waals surface area contributed by atoms with Gasteiger partial charge in [-0.3, -0.25) is 0 Å². The summed E-state index contributed by atoms with van der Waals surface area (Å²) in [6, 6.07) is 0. The first-order chi connectivity index (χ1) is 9.31. The van der Waals surface area contributed by atoms with Crippen molar-refractivity contribution in [1.82, 2.24) is 9.97 Å². The van der Waals surface area contributed by atoms with Crippen LogP contribution in [0.15, 0.2) is 0 Å². The van der Waals surface area contributed by atoms with Gasteiger partial charge in [0.05, 0.1) is 0 Å². The maximum absolute atomic E-state index is 4.81. The van der Waals surface area contributed by atoms with Gasteiger partial charge in [0, 0.05) is 24.3 Å². The molecule has 2 unspecified atom stereocenters. The van der Waals surface area contributed by atoms with E-state index in [1.165, 1.54) is 68.7 Å². The lowest BCUT2D eigenvalue weighted by molar-refractivity contribution is 0.494. The second-order valence-electron chi connectivity index (χ2n) is 6.58. The van der Waals surface area contributed by atoms with E-state index in [1.54, 1.807) is 0 Å². The molecule has 0 N–H and O–H groups in total. The summed E-state index contributed by atoms with van der Waals surface area (Å²) in [5, 5.41) is 0. The molecule has 2 fully saturated rings. The number of rotatable bonds is 1. The van der Waals surface area contributed by atoms with Crippen LogP contribution in [0, 0.1) is 18.8 Å². The summed E-state index contributed by atoms with van der Waals surface area (Å²) in [7, 11) is 0. The first-order valence-corrected chi connectivity index (χ1v) is 7.92. The summed E-state index contributed by atoms with van der Waals surface area (Å²) in [6.45, 7) is 4.54. The minimum atomic E-state index is 0.939. The van der Waals surface area contributed by atoms with Crippen LogP contribution in [0.2, 0.25) is 0 Å². The van der Waals surface area contributed by atoms with Gasteiger partial charge in [-0.2, -0.15) is 0 Å². The van der Waals surface area contributed by atoms with Crippen LogP contribution in [0.3, 0.4) is 0 Å². The van der Waals surface area contributed by atoms with Gasteiger partial charge in [-0.25, -0.2) is 9.97 Å². The van der Waals surface area contributed by atoms with E-state index < -0.39 is 0 Å². The van der Waals surface area contributed by atoms with Crippen molar-refractivity contribution in [1.29, 1.82) is 0 Å². The zero-order chi connectivity index (χ0) is 12.8. The molecule has 3 aliphatic rings. The fraction of sp³-hybridized carbons (Fsp3) is 0.750. The molecule has 1 aromatic heterocycles. The zero-order valence-electron chi connectivity index (χ0n) is 11.9. The standard InChI is InChI=1S/C16H23N3/c1-11-17-15-8-3-2-7-14(15)16(18-11)19-9-12-5-4-6-13(12)10-19/h12-13H,2-10H2,1H3. The lowest BCUT2D eigenvalue weighted by Gasteiger charge is -2.25. The Balaban J connectivity index is 1.69. The lowest BCUT2D eigenvalue weighted by Crippen LogP contribution is -2.25. The zero-order valence-corrected chi connectivity index (χ0v) is 11.9. The first-order valence-electron chi connectivity index (χ1n) is 7.92. The van der Waals surface area contributed by atoms with Gasteiger partial charge in [-0.15, -0.1) is 0 Å². The number of aromatic nitrogens is 2. The SMILES string of the molecule is Cc1nc2c(c(N3CC4CCCC4C3)n1)CCCC2. The van der Waals surface area contributed by atoms with Crippen LogP contribution >= 0.6 is 0 Å². The third-order valence-corrected chi connectivity index (χ3v) is 5.30. The molecule has 2 heterocycles. The maximum atomic E-state index is 4.81. The minimum Gasteiger partial charge on any atom is -0.356 e. The predicted octanol–water partition coefficient (Wildman–Crippen LogP) is 2.90. The molecule has 102 valence electrons. The maximum Gasteiger partial charge on any atom is 0.135 e. The Hall–Kier alpha value is -1.12. The van der Waals surface area contributed by atoms with Crippen molar-refractivity contribution in [2.24, 2.45) is 11.8 Å². The van der Waals surface area contributed by atoms with Crippen molar-refractivity contribution < 1.29 is 0 Å². The topological polar surface area (TPSA) is 29.0 Å². The molecular formula is C16H23N3. The highest BCUT2D eigenvalue weighted by molar-refractivity contribution is 5.51. The van der Waals surface area contributed by atoms with E-state index in [2.05, 4.69) is 16.8 Å². The number of hydrogen-bond donors (Lipinski definition) is 0. The van der Waals surface area contributed by atoms with Gasteiger partial charge in [-0.1, -0.05) is 6.42 Å². The molecule has 1 saturated heterocycles. The summed E-state index contributed by atoms with van der Waals surface area (Å²) < 4.78 is 0. The van der Waals surface area contributed by atoms with E-state index in [0.29, 0.717) is 0 Å². The average molecular weight is 257 g/mol. The first kappa shape index (κ1) is 11.7. The highest BCUT2D eigenvalue weighted by atomic mass is 15.2. The predicted molar refractivity (Wildman–Crippen MR) is 76.5 cm³/mol. The molecule has 0 bridgehead atoms. The van der Waals surface area contributed by atoms with Crippen LogP contribution < -0.4 is 4.90 Å². The van der Waals surface area contributed by atoms with Crippen molar-refractivity contribution in [2.45, 2.75) is 51.9 Å². The van der Waals surface area contributed by atoms with E-state index in [1.807, 2.05) is 0 Å². The van der Waals surface area contributed by atoms with Gasteiger partial charge in [0.25, 0.3) is 0 Å². The monoisotopic (exact) mass is 257 g/mol. The van der Waals surface area contributed by atoms with Crippen LogP contribution in [0.25, 0.3) is 0 Å². The van der Waals surface area contributed by atoms with Crippen LogP contribution in [0.5, 0.6) is 0 Å². The smallest absolute Gasteiger partial charge is 0.135 e. The third kappa shape index (κ3) is 1.94. The highest BCUT2D eigenvalue weighted by Crippen LogP contribution is 2.40. The van der Waals surface area contributed by atoms with Crippen LogP contribution in [0.4, 0.5) is 5.82 Å². The van der Waals surface area contributed by atoms with E-state index in [9.17, 15) is 0 Å². The van der Waals surface area contributed by atoms with E-state index in [0.717, 1.165) is 24.1 Å². The van der Waals surface area contributed by atoms with Crippen molar-refractivity contribution in [3.63, 3.8) is 0 Å². The molecule has 19 heavy (non-hydrogen) atoms. The second kappa shape index (κ2) is 4.46. The molecule has 1 aromatic rings. The lowest BCUT2D eigenvalue weighted by atomic mass is 9.96. The number of fused-ring (bicyclic) bond motifs is 2. The molecule has 1 aliphatic heterocycles. The number of hydrogen-bond acceptors (Lipinski definition) is 3. The Morgan fingerprint density at radius 1 is 0.947 bits per heavy atom. The molecule has 3 heteroatoms. The van der Waals surface area contributed by atoms with Gasteiger partial charge >= 0.3 is 0 Å². The largest absolute Gasteiger partial charge is 0.356 e. The Morgan fingerprint density at radius 2 is 1.68 bits per heavy atom. The summed E-state index contributed by atoms with van der Waals surface area (Å²) in [5.41, 5.74) is 2.81. The Kier molecular flexibility index (Phi) is 2.75. The highest BCUT2D eigenvalue weighted by Gasteiger charge is 2.37. The fourth-order valence-corrected chi connectivity index (χ4v) is 4.36. The Labute approximate surface area is 115 Å². The normalized spacial score (nSPS) is 29.4. The van der Waals surface area contributed by atoms with Crippen LogP contribution in [-0.4, -0.2) is 23.1 Å². The summed E-state index contributed by atoms with van der Waals surface area (Å²) >= 11 is 0. The molecule has 3 nitrogen and oxygen atoms in total. The van der Waals surface area contributed by atoms with Crippen molar-refractivity contribution in [2.75, 3.05) is 18.0 Å². The van der Waals surface area contributed by atoms with Crippen molar-refractivity contribution in [3.05, 3.63) is 17.1 Å². The summed E-state index contributed by atoms with van der Waals surface area (Å²) in [4.78, 5) is 12.1. The summed E-state index contributed by atoms with van der Waals surface area (Å²) in [6.07, 6.45) is 9.29. The quantitative estimate of drug-likeness (QED) is 0.774. The molecule has 1 saturated carbocycles. The van der Waals surface area contributed by atoms with Gasteiger partial charge in [0.15, 0.2) is 0 Å². The van der Waals surface area contributed by atoms with Crippen LogP contribution in [-0.2, 0) is 12.8 Å². The molecule has 0 spiro atoms. The third-order valence-electron chi connectivity index (χ3n) is 5.30. The van der Waals surface area contributed by atoms with Crippen molar-refractivity contribution >= 4 is 5.82 Å². The van der Waals surface area contributed by atoms with Crippen LogP contribution in [0.1, 0.15) is 49.2 Å². The molecule has 0 aromatic carbocycles. The Morgan fingerprint density at radius 3 is 2.47 bits per heavy atom.